The van der Waals surface area contributed by atoms with Gasteiger partial charge in [0.2, 0.25) is 5.91 Å². The summed E-state index contributed by atoms with van der Waals surface area (Å²) in [6.45, 7) is 1.73. The summed E-state index contributed by atoms with van der Waals surface area (Å²) < 4.78 is 11.2. The van der Waals surface area contributed by atoms with Gasteiger partial charge in [-0.15, -0.1) is 0 Å². The summed E-state index contributed by atoms with van der Waals surface area (Å²) in [5.74, 6) is 1.50. The van der Waals surface area contributed by atoms with Crippen molar-refractivity contribution >= 4 is 23.4 Å². The number of nitrogens with one attached hydrogen (secondary N) is 1. The van der Waals surface area contributed by atoms with Gasteiger partial charge in [-0.1, -0.05) is 12.1 Å². The third-order valence-corrected chi connectivity index (χ3v) is 4.97. The van der Waals surface area contributed by atoms with E-state index < -0.39 is 4.92 Å². The zero-order valence-corrected chi connectivity index (χ0v) is 17.6. The number of furan rings is 2. The number of nitro groups is 1. The Kier molecular flexibility index (Phi) is 6.19. The summed E-state index contributed by atoms with van der Waals surface area (Å²) in [7, 11) is 0. The molecule has 2 N–H and O–H groups in total. The summed E-state index contributed by atoms with van der Waals surface area (Å²) in [6.07, 6.45) is 2.82. The molecule has 0 aliphatic rings. The van der Waals surface area contributed by atoms with Gasteiger partial charge in [0, 0.05) is 23.4 Å². The van der Waals surface area contributed by atoms with Gasteiger partial charge in [-0.05, 0) is 67.1 Å². The topological polar surface area (TPSA) is 119 Å². The Hall–Kier alpha value is -4.43. The zero-order valence-electron chi connectivity index (χ0n) is 17.6. The molecule has 0 aliphatic heterocycles. The van der Waals surface area contributed by atoms with Crippen LogP contribution in [0.4, 0.5) is 11.4 Å². The van der Waals surface area contributed by atoms with Crippen LogP contribution < -0.4 is 5.32 Å². The molecule has 33 heavy (non-hydrogen) atoms. The molecule has 0 unspecified atom stereocenters. The van der Waals surface area contributed by atoms with Crippen molar-refractivity contribution in [3.8, 4) is 22.6 Å². The molecule has 2 aromatic heterocycles. The molecule has 0 saturated heterocycles. The molecular weight excluding hydrogens is 424 g/mol. The minimum absolute atomic E-state index is 0.0546. The van der Waals surface area contributed by atoms with Gasteiger partial charge in [-0.2, -0.15) is 0 Å². The van der Waals surface area contributed by atoms with E-state index in [1.165, 1.54) is 18.2 Å². The van der Waals surface area contributed by atoms with Crippen molar-refractivity contribution in [3.63, 3.8) is 0 Å². The van der Waals surface area contributed by atoms with E-state index in [4.69, 9.17) is 13.9 Å². The Labute approximate surface area is 188 Å². The minimum atomic E-state index is -0.467. The number of carbonyl (C=O) groups excluding carboxylic acids is 1. The summed E-state index contributed by atoms with van der Waals surface area (Å²) in [5.41, 5.74) is 2.68. The summed E-state index contributed by atoms with van der Waals surface area (Å²) in [4.78, 5) is 23.1. The SMILES string of the molecule is Cc1cc(NC(=O)/C=C/c2ccc(-c3ccccc3[N+](=O)[O-])o2)ccc1-c1ccc(CO)o1. The highest BCUT2D eigenvalue weighted by atomic mass is 16.6. The van der Waals surface area contributed by atoms with E-state index >= 15 is 0 Å². The van der Waals surface area contributed by atoms with Crippen LogP contribution in [0.2, 0.25) is 0 Å². The van der Waals surface area contributed by atoms with Crippen LogP contribution in [0.5, 0.6) is 0 Å². The first-order chi connectivity index (χ1) is 15.9. The van der Waals surface area contributed by atoms with E-state index in [2.05, 4.69) is 5.32 Å². The molecule has 4 rings (SSSR count). The molecule has 0 aliphatic carbocycles. The van der Waals surface area contributed by atoms with E-state index in [9.17, 15) is 14.9 Å². The van der Waals surface area contributed by atoms with Gasteiger partial charge >= 0.3 is 0 Å². The lowest BCUT2D eigenvalue weighted by Crippen LogP contribution is -2.07. The molecule has 0 saturated carbocycles. The van der Waals surface area contributed by atoms with Crippen LogP contribution in [0.1, 0.15) is 17.1 Å². The Morgan fingerprint density at radius 3 is 2.52 bits per heavy atom. The Morgan fingerprint density at radius 2 is 1.79 bits per heavy atom. The average Bonchev–Trinajstić information content (AvgIpc) is 3.47. The number of aliphatic hydroxyl groups excluding tert-OH is 1. The third-order valence-electron chi connectivity index (χ3n) is 4.97. The fourth-order valence-corrected chi connectivity index (χ4v) is 3.40. The van der Waals surface area contributed by atoms with Crippen molar-refractivity contribution in [2.45, 2.75) is 13.5 Å². The lowest BCUT2D eigenvalue weighted by Gasteiger charge is -2.07. The minimum Gasteiger partial charge on any atom is -0.459 e. The molecule has 4 aromatic rings. The summed E-state index contributed by atoms with van der Waals surface area (Å²) in [6, 6.07) is 18.5. The lowest BCUT2D eigenvalue weighted by atomic mass is 10.1. The van der Waals surface area contributed by atoms with Crippen LogP contribution in [-0.4, -0.2) is 15.9 Å². The smallest absolute Gasteiger partial charge is 0.280 e. The molecule has 0 atom stereocenters. The van der Waals surface area contributed by atoms with Crippen molar-refractivity contribution in [2.24, 2.45) is 0 Å². The van der Waals surface area contributed by atoms with Gasteiger partial charge < -0.3 is 19.3 Å². The summed E-state index contributed by atoms with van der Waals surface area (Å²) in [5, 5.41) is 23.2. The number of benzene rings is 2. The molecule has 2 heterocycles. The van der Waals surface area contributed by atoms with Gasteiger partial charge in [-0.25, -0.2) is 0 Å². The fourth-order valence-electron chi connectivity index (χ4n) is 3.40. The highest BCUT2D eigenvalue weighted by molar-refractivity contribution is 6.02. The number of nitro benzene ring substituents is 1. The number of hydrogen-bond acceptors (Lipinski definition) is 6. The standard InChI is InChI=1S/C25H20N2O6/c1-16-14-17(6-10-20(16)23-12-8-19(15-28)33-23)26-25(29)13-9-18-7-11-24(32-18)21-4-2-3-5-22(21)27(30)31/h2-14,28H,15H2,1H3,(H,26,29)/b13-9+. The number of carbonyl (C=O) groups is 1. The second-order valence-electron chi connectivity index (χ2n) is 7.25. The first kappa shape index (κ1) is 21.8. The number of rotatable bonds is 7. The molecule has 166 valence electrons. The van der Waals surface area contributed by atoms with E-state index in [1.807, 2.05) is 19.1 Å². The van der Waals surface area contributed by atoms with Crippen molar-refractivity contribution in [1.29, 1.82) is 0 Å². The first-order valence-corrected chi connectivity index (χ1v) is 10.1. The van der Waals surface area contributed by atoms with E-state index in [-0.39, 0.29) is 18.2 Å². The molecule has 0 spiro atoms. The zero-order chi connectivity index (χ0) is 23.4. The van der Waals surface area contributed by atoms with Crippen LogP contribution in [0, 0.1) is 17.0 Å². The number of anilines is 1. The highest BCUT2D eigenvalue weighted by Gasteiger charge is 2.16. The maximum atomic E-state index is 12.3. The van der Waals surface area contributed by atoms with Gasteiger partial charge in [-0.3, -0.25) is 14.9 Å². The Balaban J connectivity index is 1.44. The normalized spacial score (nSPS) is 11.1. The number of aliphatic hydroxyl groups is 1. The van der Waals surface area contributed by atoms with E-state index in [1.54, 1.807) is 48.5 Å². The first-order valence-electron chi connectivity index (χ1n) is 10.1. The van der Waals surface area contributed by atoms with Crippen molar-refractivity contribution in [1.82, 2.24) is 0 Å². The van der Waals surface area contributed by atoms with Gasteiger partial charge in [0.1, 0.15) is 29.6 Å². The van der Waals surface area contributed by atoms with Crippen molar-refractivity contribution < 1.29 is 23.7 Å². The van der Waals surface area contributed by atoms with Crippen LogP contribution >= 0.6 is 0 Å². The Morgan fingerprint density at radius 1 is 1.03 bits per heavy atom. The highest BCUT2D eigenvalue weighted by Crippen LogP contribution is 2.31. The molecule has 8 nitrogen and oxygen atoms in total. The van der Waals surface area contributed by atoms with Crippen molar-refractivity contribution in [3.05, 3.63) is 100 Å². The predicted octanol–water partition coefficient (Wildman–Crippen LogP) is 5.57. The maximum Gasteiger partial charge on any atom is 0.280 e. The second kappa shape index (κ2) is 9.37. The van der Waals surface area contributed by atoms with E-state index in [0.29, 0.717) is 34.3 Å². The number of aryl methyl sites for hydroxylation is 1. The molecule has 0 bridgehead atoms. The number of amides is 1. The van der Waals surface area contributed by atoms with Gasteiger partial charge in [0.15, 0.2) is 0 Å². The van der Waals surface area contributed by atoms with Crippen LogP contribution in [0.25, 0.3) is 28.7 Å². The predicted molar refractivity (Wildman–Crippen MR) is 123 cm³/mol. The quantitative estimate of drug-likeness (QED) is 0.219. The van der Waals surface area contributed by atoms with Crippen molar-refractivity contribution in [2.75, 3.05) is 5.32 Å². The van der Waals surface area contributed by atoms with E-state index in [0.717, 1.165) is 11.1 Å². The molecule has 0 fully saturated rings. The van der Waals surface area contributed by atoms with Crippen LogP contribution in [-0.2, 0) is 11.4 Å². The monoisotopic (exact) mass is 444 g/mol. The number of nitrogens with zero attached hydrogens (tertiary/aromatic N) is 1. The molecule has 8 heteroatoms. The average molecular weight is 444 g/mol. The number of hydrogen-bond donors (Lipinski definition) is 2. The molecular formula is C25H20N2O6. The second-order valence-corrected chi connectivity index (χ2v) is 7.25. The largest absolute Gasteiger partial charge is 0.459 e. The molecule has 2 aromatic carbocycles. The fraction of sp³-hybridized carbons (Fsp3) is 0.0800. The van der Waals surface area contributed by atoms with Gasteiger partial charge in [0.25, 0.3) is 5.69 Å². The summed E-state index contributed by atoms with van der Waals surface area (Å²) >= 11 is 0. The van der Waals surface area contributed by atoms with Gasteiger partial charge in [0.05, 0.1) is 10.5 Å². The number of para-hydroxylation sites is 1. The Bertz CT molecular complexity index is 1350. The third kappa shape index (κ3) is 4.91. The molecule has 1 amide bonds. The maximum absolute atomic E-state index is 12.3. The van der Waals surface area contributed by atoms with Crippen LogP contribution in [0.3, 0.4) is 0 Å². The van der Waals surface area contributed by atoms with Crippen LogP contribution in [0.15, 0.2) is 81.6 Å². The lowest BCUT2D eigenvalue weighted by molar-refractivity contribution is -0.384. The molecule has 0 radical (unpaired) electrons.